The lowest BCUT2D eigenvalue weighted by molar-refractivity contribution is -0.116. The summed E-state index contributed by atoms with van der Waals surface area (Å²) in [6.45, 7) is 4.00. The number of aromatic nitrogens is 3. The summed E-state index contributed by atoms with van der Waals surface area (Å²) in [6.07, 6.45) is 3.72. The number of fused-ring (bicyclic) bond motifs is 1. The molecular formula is C16H21N5O3. The van der Waals surface area contributed by atoms with Crippen molar-refractivity contribution in [2.24, 2.45) is 0 Å². The summed E-state index contributed by atoms with van der Waals surface area (Å²) < 4.78 is 5.15. The molecule has 3 rings (SSSR count). The molecule has 0 aliphatic carbocycles. The van der Waals surface area contributed by atoms with Crippen LogP contribution in [0.1, 0.15) is 47.8 Å². The highest BCUT2D eigenvalue weighted by Crippen LogP contribution is 2.23. The van der Waals surface area contributed by atoms with Crippen LogP contribution < -0.4 is 10.6 Å². The second-order valence-electron chi connectivity index (χ2n) is 4.95. The van der Waals surface area contributed by atoms with E-state index in [4.69, 9.17) is 4.52 Å². The molecule has 128 valence electrons. The van der Waals surface area contributed by atoms with Gasteiger partial charge in [0.1, 0.15) is 17.9 Å². The Kier molecular flexibility index (Phi) is 6.00. The van der Waals surface area contributed by atoms with Gasteiger partial charge in [0.25, 0.3) is 5.91 Å². The van der Waals surface area contributed by atoms with Crippen molar-refractivity contribution < 1.29 is 14.1 Å². The van der Waals surface area contributed by atoms with Crippen LogP contribution in [0.5, 0.6) is 0 Å². The van der Waals surface area contributed by atoms with Crippen LogP contribution in [-0.4, -0.2) is 34.0 Å². The number of nitrogens with zero attached hydrogens (tertiary/aromatic N) is 3. The Balaban J connectivity index is 0.00000100. The molecule has 0 fully saturated rings. The van der Waals surface area contributed by atoms with Crippen molar-refractivity contribution in [2.45, 2.75) is 39.5 Å². The molecule has 0 atom stereocenters. The molecule has 0 spiro atoms. The topological polar surface area (TPSA) is 110 Å². The molecule has 0 radical (unpaired) electrons. The fourth-order valence-electron chi connectivity index (χ4n) is 2.38. The Hall–Kier alpha value is -2.77. The lowest BCUT2D eigenvalue weighted by Crippen LogP contribution is -2.22. The number of amides is 2. The first-order valence-electron chi connectivity index (χ1n) is 7.97. The van der Waals surface area contributed by atoms with E-state index in [9.17, 15) is 9.59 Å². The molecule has 0 aromatic carbocycles. The van der Waals surface area contributed by atoms with E-state index in [2.05, 4.69) is 25.8 Å². The minimum absolute atomic E-state index is 0.0254. The average Bonchev–Trinajstić information content (AvgIpc) is 3.09. The number of carbonyl (C=O) groups excluding carboxylic acids is 2. The van der Waals surface area contributed by atoms with Gasteiger partial charge in [0.15, 0.2) is 5.69 Å². The van der Waals surface area contributed by atoms with Crippen molar-refractivity contribution in [3.63, 3.8) is 0 Å². The minimum atomic E-state index is -0.280. The molecular weight excluding hydrogens is 310 g/mol. The predicted molar refractivity (Wildman–Crippen MR) is 87.6 cm³/mol. The molecule has 0 unspecified atom stereocenters. The Morgan fingerprint density at radius 3 is 2.83 bits per heavy atom. The highest BCUT2D eigenvalue weighted by molar-refractivity contribution is 5.93. The number of anilines is 1. The van der Waals surface area contributed by atoms with Gasteiger partial charge in [-0.25, -0.2) is 9.97 Å². The number of rotatable bonds is 4. The monoisotopic (exact) mass is 331 g/mol. The van der Waals surface area contributed by atoms with Crippen molar-refractivity contribution in [1.82, 2.24) is 20.4 Å². The maximum atomic E-state index is 11.4. The van der Waals surface area contributed by atoms with Crippen molar-refractivity contribution in [3.8, 4) is 0 Å². The standard InChI is InChI=1S/C14H15N5O3.C2H6/c1-15-14(21)11-6-8(22-19-11)2-4-10-9-3-5-12(20)18-13(9)17-7-16-10;1-2/h6-7H,2-5H2,1H3,(H,15,21)(H,16,17,18,20);1-2H3. The fourth-order valence-corrected chi connectivity index (χ4v) is 2.38. The van der Waals surface area contributed by atoms with Gasteiger partial charge in [0.2, 0.25) is 5.91 Å². The number of aryl methyl sites for hydroxylation is 2. The average molecular weight is 331 g/mol. The molecule has 0 bridgehead atoms. The van der Waals surface area contributed by atoms with Crippen LogP contribution in [0.3, 0.4) is 0 Å². The van der Waals surface area contributed by atoms with Gasteiger partial charge in [0.05, 0.1) is 0 Å². The maximum absolute atomic E-state index is 11.4. The first kappa shape index (κ1) is 17.6. The summed E-state index contributed by atoms with van der Waals surface area (Å²) in [5.74, 6) is 0.899. The Morgan fingerprint density at radius 1 is 1.29 bits per heavy atom. The molecule has 0 saturated carbocycles. The second-order valence-corrected chi connectivity index (χ2v) is 4.95. The van der Waals surface area contributed by atoms with E-state index in [1.807, 2.05) is 13.8 Å². The first-order valence-corrected chi connectivity index (χ1v) is 7.97. The molecule has 1 aliphatic heterocycles. The third-order valence-corrected chi connectivity index (χ3v) is 3.52. The molecule has 1 aliphatic rings. The molecule has 2 aromatic heterocycles. The summed E-state index contributed by atoms with van der Waals surface area (Å²) >= 11 is 0. The van der Waals surface area contributed by atoms with E-state index in [1.54, 1.807) is 6.07 Å². The number of carbonyl (C=O) groups is 2. The number of hydrogen-bond acceptors (Lipinski definition) is 6. The summed E-state index contributed by atoms with van der Waals surface area (Å²) in [5, 5.41) is 8.96. The van der Waals surface area contributed by atoms with Crippen LogP contribution in [-0.2, 0) is 24.1 Å². The quantitative estimate of drug-likeness (QED) is 0.879. The van der Waals surface area contributed by atoms with Crippen LogP contribution in [0.4, 0.5) is 5.82 Å². The van der Waals surface area contributed by atoms with Crippen LogP contribution >= 0.6 is 0 Å². The zero-order valence-corrected chi connectivity index (χ0v) is 14.0. The van der Waals surface area contributed by atoms with Gasteiger partial charge in [-0.2, -0.15) is 0 Å². The molecule has 8 heteroatoms. The van der Waals surface area contributed by atoms with Gasteiger partial charge in [-0.15, -0.1) is 0 Å². The summed E-state index contributed by atoms with van der Waals surface area (Å²) in [4.78, 5) is 31.2. The van der Waals surface area contributed by atoms with Crippen molar-refractivity contribution in [1.29, 1.82) is 0 Å². The van der Waals surface area contributed by atoms with E-state index in [0.717, 1.165) is 11.3 Å². The number of hydrogen-bond donors (Lipinski definition) is 2. The van der Waals surface area contributed by atoms with Crippen molar-refractivity contribution in [2.75, 3.05) is 12.4 Å². The lowest BCUT2D eigenvalue weighted by atomic mass is 10.0. The third kappa shape index (κ3) is 3.95. The minimum Gasteiger partial charge on any atom is -0.361 e. The van der Waals surface area contributed by atoms with Gasteiger partial charge in [0, 0.05) is 37.2 Å². The Labute approximate surface area is 140 Å². The maximum Gasteiger partial charge on any atom is 0.273 e. The van der Waals surface area contributed by atoms with Gasteiger partial charge < -0.3 is 15.2 Å². The van der Waals surface area contributed by atoms with Crippen LogP contribution in [0.2, 0.25) is 0 Å². The van der Waals surface area contributed by atoms with Crippen LogP contribution in [0.25, 0.3) is 0 Å². The molecule has 3 heterocycles. The van der Waals surface area contributed by atoms with Gasteiger partial charge >= 0.3 is 0 Å². The zero-order chi connectivity index (χ0) is 17.5. The molecule has 2 aromatic rings. The van der Waals surface area contributed by atoms with Crippen LogP contribution in [0, 0.1) is 0 Å². The zero-order valence-electron chi connectivity index (χ0n) is 14.0. The van der Waals surface area contributed by atoms with E-state index in [-0.39, 0.29) is 17.5 Å². The van der Waals surface area contributed by atoms with Gasteiger partial charge in [-0.05, 0) is 12.8 Å². The molecule has 8 nitrogen and oxygen atoms in total. The van der Waals surface area contributed by atoms with E-state index in [1.165, 1.54) is 13.4 Å². The largest absolute Gasteiger partial charge is 0.361 e. The SMILES string of the molecule is CC.CNC(=O)c1cc(CCc2ncnc3c2CCC(=O)N3)on1. The van der Waals surface area contributed by atoms with Gasteiger partial charge in [-0.3, -0.25) is 9.59 Å². The Bertz CT molecular complexity index is 726. The van der Waals surface area contributed by atoms with Crippen LogP contribution in [0.15, 0.2) is 16.9 Å². The Morgan fingerprint density at radius 2 is 2.08 bits per heavy atom. The molecule has 24 heavy (non-hydrogen) atoms. The van der Waals surface area contributed by atoms with E-state index in [0.29, 0.717) is 37.3 Å². The van der Waals surface area contributed by atoms with Crippen molar-refractivity contribution >= 4 is 17.6 Å². The molecule has 2 N–H and O–H groups in total. The summed E-state index contributed by atoms with van der Waals surface area (Å²) in [6, 6.07) is 1.62. The van der Waals surface area contributed by atoms with E-state index >= 15 is 0 Å². The van der Waals surface area contributed by atoms with Gasteiger partial charge in [-0.1, -0.05) is 19.0 Å². The molecule has 2 amide bonds. The highest BCUT2D eigenvalue weighted by atomic mass is 16.5. The normalized spacial score (nSPS) is 12.5. The fraction of sp³-hybridized carbons (Fsp3) is 0.438. The lowest BCUT2D eigenvalue weighted by Gasteiger charge is -2.17. The second kappa shape index (κ2) is 8.19. The smallest absolute Gasteiger partial charge is 0.273 e. The summed E-state index contributed by atoms with van der Waals surface area (Å²) in [5.41, 5.74) is 2.10. The first-order chi connectivity index (χ1) is 11.7. The highest BCUT2D eigenvalue weighted by Gasteiger charge is 2.20. The van der Waals surface area contributed by atoms with E-state index < -0.39 is 0 Å². The van der Waals surface area contributed by atoms with Crippen molar-refractivity contribution in [3.05, 3.63) is 35.1 Å². The number of nitrogens with one attached hydrogen (secondary N) is 2. The predicted octanol–water partition coefficient (Wildman–Crippen LogP) is 1.52. The summed E-state index contributed by atoms with van der Waals surface area (Å²) in [7, 11) is 1.54. The molecule has 0 saturated heterocycles. The third-order valence-electron chi connectivity index (χ3n) is 3.52.